The minimum atomic E-state index is -4.67. The Morgan fingerprint density at radius 1 is 1.12 bits per heavy atom. The molecule has 0 bridgehead atoms. The van der Waals surface area contributed by atoms with Gasteiger partial charge in [0.15, 0.2) is 0 Å². The molecule has 1 aromatic rings. The third-order valence-electron chi connectivity index (χ3n) is 1.31. The molecule has 7 nitrogen and oxygen atoms in total. The number of rotatable bonds is 2. The fourth-order valence-electron chi connectivity index (χ4n) is 0.753. The Morgan fingerprint density at radius 2 is 1.53 bits per heavy atom. The molecule has 0 atom stereocenters. The lowest BCUT2D eigenvalue weighted by molar-refractivity contribution is -0.131. The molecule has 94 valence electrons. The highest BCUT2D eigenvalue weighted by molar-refractivity contribution is 7.79. The summed E-state index contributed by atoms with van der Waals surface area (Å²) in [4.78, 5) is 10.1. The van der Waals surface area contributed by atoms with Crippen LogP contribution in [0.5, 0.6) is 5.75 Å². The topological polar surface area (TPSA) is 132 Å². The molecule has 0 fully saturated rings. The zero-order chi connectivity index (χ0) is 13.5. The normalized spacial score (nSPS) is 10.7. The number of phenols is 1. The second-order valence-electron chi connectivity index (χ2n) is 2.71. The standard InChI is InChI=1S/C9H8O3.H2O4S/c10-8-4-1-7(2-5-8)3-6-9(11)12;1-5(2,3)4/h1-6,10H,(H,11,12);(H2,1,2,3,4)/b6-3+;. The van der Waals surface area contributed by atoms with E-state index in [1.165, 1.54) is 18.2 Å². The van der Waals surface area contributed by atoms with Gasteiger partial charge in [-0.25, -0.2) is 4.79 Å². The lowest BCUT2D eigenvalue weighted by Crippen LogP contribution is -1.89. The monoisotopic (exact) mass is 262 g/mol. The Kier molecular flexibility index (Phi) is 5.89. The van der Waals surface area contributed by atoms with E-state index in [4.69, 9.17) is 27.7 Å². The number of phenolic OH excluding ortho intramolecular Hbond substituents is 1. The van der Waals surface area contributed by atoms with Gasteiger partial charge in [-0.05, 0) is 23.8 Å². The molecule has 17 heavy (non-hydrogen) atoms. The molecule has 0 saturated heterocycles. The Labute approximate surface area is 97.2 Å². The zero-order valence-corrected chi connectivity index (χ0v) is 9.20. The number of carboxylic acid groups (broad SMARTS) is 1. The number of benzene rings is 1. The smallest absolute Gasteiger partial charge is 0.394 e. The van der Waals surface area contributed by atoms with Gasteiger partial charge in [-0.2, -0.15) is 8.42 Å². The molecule has 8 heteroatoms. The summed E-state index contributed by atoms with van der Waals surface area (Å²) in [5, 5.41) is 17.2. The molecule has 0 aromatic heterocycles. The van der Waals surface area contributed by atoms with Crippen LogP contribution in [0.3, 0.4) is 0 Å². The van der Waals surface area contributed by atoms with Crippen LogP contribution in [0, 0.1) is 0 Å². The van der Waals surface area contributed by atoms with Crippen molar-refractivity contribution in [3.8, 4) is 5.75 Å². The van der Waals surface area contributed by atoms with Gasteiger partial charge in [-0.15, -0.1) is 0 Å². The first-order valence-corrected chi connectivity index (χ1v) is 5.48. The number of carbonyl (C=O) groups is 1. The predicted octanol–water partition coefficient (Wildman–Crippen LogP) is 0.837. The van der Waals surface area contributed by atoms with Crippen molar-refractivity contribution < 1.29 is 32.5 Å². The van der Waals surface area contributed by atoms with Crippen molar-refractivity contribution in [3.63, 3.8) is 0 Å². The molecule has 0 saturated carbocycles. The van der Waals surface area contributed by atoms with Crippen LogP contribution in [0.2, 0.25) is 0 Å². The number of aliphatic carboxylic acids is 1. The lowest BCUT2D eigenvalue weighted by Gasteiger charge is -1.92. The van der Waals surface area contributed by atoms with Crippen molar-refractivity contribution in [3.05, 3.63) is 35.9 Å². The third-order valence-corrected chi connectivity index (χ3v) is 1.31. The summed E-state index contributed by atoms with van der Waals surface area (Å²) in [5.74, 6) is -0.814. The fraction of sp³-hybridized carbons (Fsp3) is 0. The van der Waals surface area contributed by atoms with Gasteiger partial charge in [0.2, 0.25) is 0 Å². The minimum Gasteiger partial charge on any atom is -0.508 e. The second kappa shape index (κ2) is 6.63. The van der Waals surface area contributed by atoms with Gasteiger partial charge < -0.3 is 10.2 Å². The molecule has 4 N–H and O–H groups in total. The van der Waals surface area contributed by atoms with Gasteiger partial charge in [-0.1, -0.05) is 12.1 Å². The van der Waals surface area contributed by atoms with E-state index < -0.39 is 16.4 Å². The summed E-state index contributed by atoms with van der Waals surface area (Å²) in [7, 11) is -4.67. The second-order valence-corrected chi connectivity index (χ2v) is 3.61. The molecule has 0 amide bonds. The Hall–Kier alpha value is -1.90. The molecule has 0 heterocycles. The molecule has 0 radical (unpaired) electrons. The lowest BCUT2D eigenvalue weighted by atomic mass is 10.2. The maximum atomic E-state index is 10.1. The molecular weight excluding hydrogens is 252 g/mol. The van der Waals surface area contributed by atoms with Crippen LogP contribution in [0.1, 0.15) is 5.56 Å². The van der Waals surface area contributed by atoms with Crippen LogP contribution in [-0.2, 0) is 15.2 Å². The summed E-state index contributed by atoms with van der Waals surface area (Å²) >= 11 is 0. The first-order valence-electron chi connectivity index (χ1n) is 4.08. The summed E-state index contributed by atoms with van der Waals surface area (Å²) in [6.07, 6.45) is 2.51. The van der Waals surface area contributed by atoms with Crippen molar-refractivity contribution in [2.24, 2.45) is 0 Å². The van der Waals surface area contributed by atoms with Gasteiger partial charge >= 0.3 is 16.4 Å². The predicted molar refractivity (Wildman–Crippen MR) is 59.0 cm³/mol. The number of carboxylic acids is 1. The molecular formula is C9H10O7S. The van der Waals surface area contributed by atoms with Crippen LogP contribution in [-0.4, -0.2) is 33.7 Å². The summed E-state index contributed by atoms with van der Waals surface area (Å²) in [6.45, 7) is 0. The Bertz CT molecular complexity index is 479. The number of hydrogen-bond donors (Lipinski definition) is 4. The largest absolute Gasteiger partial charge is 0.508 e. The quantitative estimate of drug-likeness (QED) is 0.458. The van der Waals surface area contributed by atoms with E-state index in [1.807, 2.05) is 0 Å². The van der Waals surface area contributed by atoms with Crippen molar-refractivity contribution >= 4 is 22.4 Å². The minimum absolute atomic E-state index is 0.169. The summed E-state index contributed by atoms with van der Waals surface area (Å²) in [5.41, 5.74) is 0.746. The maximum absolute atomic E-state index is 10.1. The van der Waals surface area contributed by atoms with Crippen molar-refractivity contribution in [1.29, 1.82) is 0 Å². The number of aromatic hydroxyl groups is 1. The van der Waals surface area contributed by atoms with Crippen molar-refractivity contribution in [1.82, 2.24) is 0 Å². The van der Waals surface area contributed by atoms with E-state index in [0.717, 1.165) is 11.6 Å². The molecule has 0 aliphatic rings. The fourth-order valence-corrected chi connectivity index (χ4v) is 0.753. The van der Waals surface area contributed by atoms with Gasteiger partial charge in [-0.3, -0.25) is 9.11 Å². The highest BCUT2D eigenvalue weighted by atomic mass is 32.3. The van der Waals surface area contributed by atoms with Crippen LogP contribution >= 0.6 is 0 Å². The third kappa shape index (κ3) is 12.0. The highest BCUT2D eigenvalue weighted by Gasteiger charge is 1.89. The van der Waals surface area contributed by atoms with Gasteiger partial charge in [0, 0.05) is 6.08 Å². The van der Waals surface area contributed by atoms with E-state index in [1.54, 1.807) is 12.1 Å². The van der Waals surface area contributed by atoms with Crippen molar-refractivity contribution in [2.75, 3.05) is 0 Å². The summed E-state index contributed by atoms with van der Waals surface area (Å²) in [6, 6.07) is 6.27. The molecule has 0 unspecified atom stereocenters. The molecule has 0 spiro atoms. The van der Waals surface area contributed by atoms with Gasteiger partial charge in [0.05, 0.1) is 0 Å². The van der Waals surface area contributed by atoms with Crippen LogP contribution in [0.25, 0.3) is 6.08 Å². The Balaban J connectivity index is 0.000000437. The average Bonchev–Trinajstić information content (AvgIpc) is 2.14. The highest BCUT2D eigenvalue weighted by Crippen LogP contribution is 2.10. The van der Waals surface area contributed by atoms with Gasteiger partial charge in [0.1, 0.15) is 5.75 Å². The van der Waals surface area contributed by atoms with Gasteiger partial charge in [0.25, 0.3) is 0 Å². The van der Waals surface area contributed by atoms with E-state index in [9.17, 15) is 4.79 Å². The number of hydrogen-bond acceptors (Lipinski definition) is 4. The van der Waals surface area contributed by atoms with E-state index in [0.29, 0.717) is 0 Å². The SMILES string of the molecule is O=C(O)/C=C/c1ccc(O)cc1.O=S(=O)(O)O. The van der Waals surface area contributed by atoms with Crippen LogP contribution < -0.4 is 0 Å². The zero-order valence-electron chi connectivity index (χ0n) is 8.39. The van der Waals surface area contributed by atoms with E-state index >= 15 is 0 Å². The van der Waals surface area contributed by atoms with Crippen LogP contribution in [0.4, 0.5) is 0 Å². The molecule has 1 aromatic carbocycles. The summed E-state index contributed by atoms with van der Waals surface area (Å²) < 4.78 is 31.6. The molecule has 1 rings (SSSR count). The molecule has 0 aliphatic heterocycles. The Morgan fingerprint density at radius 3 is 1.88 bits per heavy atom. The maximum Gasteiger partial charge on any atom is 0.394 e. The molecule has 0 aliphatic carbocycles. The van der Waals surface area contributed by atoms with Crippen molar-refractivity contribution in [2.45, 2.75) is 0 Å². The first kappa shape index (κ1) is 15.1. The first-order chi connectivity index (χ1) is 7.68. The average molecular weight is 262 g/mol. The van der Waals surface area contributed by atoms with Crippen LogP contribution in [0.15, 0.2) is 30.3 Å². The van der Waals surface area contributed by atoms with E-state index in [2.05, 4.69) is 0 Å². The van der Waals surface area contributed by atoms with E-state index in [-0.39, 0.29) is 5.75 Å².